The summed E-state index contributed by atoms with van der Waals surface area (Å²) in [7, 11) is 1.80. The lowest BCUT2D eigenvalue weighted by Gasteiger charge is -2.33. The fourth-order valence-electron chi connectivity index (χ4n) is 3.62. The molecule has 0 saturated heterocycles. The molecular formula is C22H28F3N3O2. The maximum absolute atomic E-state index is 13.7. The summed E-state index contributed by atoms with van der Waals surface area (Å²) in [5.41, 5.74) is -1.08. The Bertz CT molecular complexity index is 1010. The highest BCUT2D eigenvalue weighted by atomic mass is 19.4. The van der Waals surface area contributed by atoms with Crippen LogP contribution in [0.1, 0.15) is 45.5 Å². The first-order valence-corrected chi connectivity index (χ1v) is 9.84. The smallest absolute Gasteiger partial charge is 0.390 e. The molecule has 2 N–H and O–H groups in total. The van der Waals surface area contributed by atoms with Crippen molar-refractivity contribution >= 4 is 16.7 Å². The van der Waals surface area contributed by atoms with Crippen molar-refractivity contribution in [3.63, 3.8) is 0 Å². The molecular weight excluding hydrogens is 395 g/mol. The summed E-state index contributed by atoms with van der Waals surface area (Å²) in [5, 5.41) is 20.7. The number of aliphatic hydroxyl groups is 2. The summed E-state index contributed by atoms with van der Waals surface area (Å²) in [5.74, 6) is 0.719. The second-order valence-corrected chi connectivity index (χ2v) is 8.90. The molecule has 1 aliphatic heterocycles. The molecule has 5 nitrogen and oxygen atoms in total. The van der Waals surface area contributed by atoms with Gasteiger partial charge in [0.1, 0.15) is 11.5 Å². The van der Waals surface area contributed by atoms with Crippen LogP contribution in [-0.4, -0.2) is 38.1 Å². The number of hydrogen-bond acceptors (Lipinski definition) is 4. The second-order valence-electron chi connectivity index (χ2n) is 8.90. The van der Waals surface area contributed by atoms with Crippen molar-refractivity contribution in [2.24, 2.45) is 7.05 Å². The molecule has 164 valence electrons. The van der Waals surface area contributed by atoms with Gasteiger partial charge in [0.05, 0.1) is 22.2 Å². The lowest BCUT2D eigenvalue weighted by Crippen LogP contribution is -2.35. The fraction of sp³-hybridized carbons (Fsp3) is 0.500. The predicted octanol–water partition coefficient (Wildman–Crippen LogP) is 4.33. The van der Waals surface area contributed by atoms with E-state index in [9.17, 15) is 23.4 Å². The molecule has 0 saturated carbocycles. The Morgan fingerprint density at radius 2 is 1.77 bits per heavy atom. The number of aromatic nitrogens is 2. The maximum Gasteiger partial charge on any atom is 0.431 e. The zero-order valence-electron chi connectivity index (χ0n) is 17.9. The van der Waals surface area contributed by atoms with Gasteiger partial charge in [-0.15, -0.1) is 0 Å². The largest absolute Gasteiger partial charge is 0.431 e. The third-order valence-corrected chi connectivity index (χ3v) is 5.26. The Morgan fingerprint density at radius 3 is 2.33 bits per heavy atom. The van der Waals surface area contributed by atoms with Gasteiger partial charge in [-0.25, -0.2) is 4.98 Å². The van der Waals surface area contributed by atoms with Crippen molar-refractivity contribution in [2.75, 3.05) is 11.4 Å². The van der Waals surface area contributed by atoms with E-state index in [-0.39, 0.29) is 6.54 Å². The van der Waals surface area contributed by atoms with Crippen LogP contribution in [0.4, 0.5) is 18.9 Å². The highest BCUT2D eigenvalue weighted by Gasteiger charge is 2.40. The minimum atomic E-state index is -4.53. The lowest BCUT2D eigenvalue weighted by atomic mass is 9.94. The number of benzene rings is 1. The molecule has 0 radical (unpaired) electrons. The normalized spacial score (nSPS) is 15.8. The SMILES string of the molecule is Cn1c(CCC(C)(C)O)nc2cc(C(C)(C)O)c(N3CC=CC=C3C(F)(F)F)cc21. The fourth-order valence-corrected chi connectivity index (χ4v) is 3.62. The van der Waals surface area contributed by atoms with Gasteiger partial charge in [0.2, 0.25) is 0 Å². The molecule has 3 rings (SSSR count). The molecule has 0 amide bonds. The number of nitrogens with zero attached hydrogens (tertiary/aromatic N) is 3. The molecule has 2 aromatic rings. The first-order chi connectivity index (χ1) is 13.7. The van der Waals surface area contributed by atoms with E-state index in [0.29, 0.717) is 35.1 Å². The third-order valence-electron chi connectivity index (χ3n) is 5.26. The van der Waals surface area contributed by atoms with E-state index in [2.05, 4.69) is 4.98 Å². The van der Waals surface area contributed by atoms with E-state index in [4.69, 9.17) is 0 Å². The van der Waals surface area contributed by atoms with Gasteiger partial charge >= 0.3 is 6.18 Å². The molecule has 0 unspecified atom stereocenters. The number of imidazole rings is 1. The first kappa shape index (κ1) is 22.4. The van der Waals surface area contributed by atoms with Crippen LogP contribution < -0.4 is 4.90 Å². The summed E-state index contributed by atoms with van der Waals surface area (Å²) < 4.78 is 42.8. The molecule has 30 heavy (non-hydrogen) atoms. The van der Waals surface area contributed by atoms with Gasteiger partial charge in [-0.2, -0.15) is 13.2 Å². The van der Waals surface area contributed by atoms with E-state index in [1.165, 1.54) is 11.0 Å². The van der Waals surface area contributed by atoms with E-state index >= 15 is 0 Å². The van der Waals surface area contributed by atoms with E-state index in [1.807, 2.05) is 4.57 Å². The quantitative estimate of drug-likeness (QED) is 0.752. The monoisotopic (exact) mass is 423 g/mol. The van der Waals surface area contributed by atoms with Gasteiger partial charge in [-0.3, -0.25) is 0 Å². The van der Waals surface area contributed by atoms with Gasteiger partial charge < -0.3 is 19.7 Å². The number of alkyl halides is 3. The van der Waals surface area contributed by atoms with Crippen LogP contribution in [-0.2, 0) is 19.1 Å². The van der Waals surface area contributed by atoms with E-state index < -0.39 is 23.1 Å². The van der Waals surface area contributed by atoms with Crippen LogP contribution in [0.25, 0.3) is 11.0 Å². The third kappa shape index (κ3) is 4.54. The summed E-state index contributed by atoms with van der Waals surface area (Å²) in [4.78, 5) is 5.79. The van der Waals surface area contributed by atoms with Crippen molar-refractivity contribution in [3.05, 3.63) is 47.4 Å². The summed E-state index contributed by atoms with van der Waals surface area (Å²) in [6.07, 6.45) is 0.558. The molecule has 1 aromatic carbocycles. The molecule has 8 heteroatoms. The maximum atomic E-state index is 13.7. The molecule has 0 aliphatic carbocycles. The van der Waals surface area contributed by atoms with E-state index in [0.717, 1.165) is 11.9 Å². The summed E-state index contributed by atoms with van der Waals surface area (Å²) in [6.45, 7) is 6.58. The zero-order chi connectivity index (χ0) is 22.5. The second kappa shape index (κ2) is 7.42. The molecule has 2 heterocycles. The van der Waals surface area contributed by atoms with Crippen LogP contribution in [0.5, 0.6) is 0 Å². The number of halogens is 3. The highest BCUT2D eigenvalue weighted by Crippen LogP contribution is 2.40. The Hall–Kier alpha value is -2.32. The van der Waals surface area contributed by atoms with Crippen LogP contribution in [0.2, 0.25) is 0 Å². The Balaban J connectivity index is 2.17. The number of aryl methyl sites for hydroxylation is 2. The Labute approximate surface area is 174 Å². The van der Waals surface area contributed by atoms with Crippen LogP contribution >= 0.6 is 0 Å². The van der Waals surface area contributed by atoms with E-state index in [1.54, 1.807) is 53.0 Å². The van der Waals surface area contributed by atoms with Crippen LogP contribution in [0, 0.1) is 0 Å². The van der Waals surface area contributed by atoms with Gasteiger partial charge in [-0.1, -0.05) is 12.2 Å². The average Bonchev–Trinajstić information content (AvgIpc) is 2.92. The van der Waals surface area contributed by atoms with Gasteiger partial charge in [-0.05, 0) is 52.3 Å². The molecule has 0 fully saturated rings. The van der Waals surface area contributed by atoms with Crippen molar-refractivity contribution in [3.8, 4) is 0 Å². The zero-order valence-corrected chi connectivity index (χ0v) is 17.9. The molecule has 0 atom stereocenters. The Morgan fingerprint density at radius 1 is 1.10 bits per heavy atom. The standard InChI is InChI=1S/C22H28F3N3O2/c1-20(2,29)10-9-19-26-15-12-14(21(3,4)30)16(13-17(15)27(19)5)28-11-7-6-8-18(28)22(23,24)25/h6-8,12-13,29-30H,9-11H2,1-5H3. The number of anilines is 1. The van der Waals surface area contributed by atoms with Crippen molar-refractivity contribution in [1.82, 2.24) is 9.55 Å². The number of rotatable bonds is 5. The van der Waals surface area contributed by atoms with Crippen LogP contribution in [0.3, 0.4) is 0 Å². The Kier molecular flexibility index (Phi) is 5.54. The van der Waals surface area contributed by atoms with Gasteiger partial charge in [0, 0.05) is 31.3 Å². The number of hydrogen-bond donors (Lipinski definition) is 2. The van der Waals surface area contributed by atoms with Crippen molar-refractivity contribution in [1.29, 1.82) is 0 Å². The van der Waals surface area contributed by atoms with Gasteiger partial charge in [0.25, 0.3) is 0 Å². The minimum Gasteiger partial charge on any atom is -0.390 e. The molecule has 1 aromatic heterocycles. The predicted molar refractivity (Wildman–Crippen MR) is 111 cm³/mol. The number of allylic oxidation sites excluding steroid dienone is 3. The van der Waals surface area contributed by atoms with Crippen LogP contribution in [0.15, 0.2) is 36.1 Å². The number of fused-ring (bicyclic) bond motifs is 1. The molecule has 1 aliphatic rings. The summed E-state index contributed by atoms with van der Waals surface area (Å²) >= 11 is 0. The lowest BCUT2D eigenvalue weighted by molar-refractivity contribution is -0.0934. The molecule has 0 spiro atoms. The van der Waals surface area contributed by atoms with Gasteiger partial charge in [0.15, 0.2) is 0 Å². The first-order valence-electron chi connectivity index (χ1n) is 9.84. The van der Waals surface area contributed by atoms with Crippen molar-refractivity contribution < 1.29 is 23.4 Å². The summed E-state index contributed by atoms with van der Waals surface area (Å²) in [6, 6.07) is 3.31. The minimum absolute atomic E-state index is 0.0450. The highest BCUT2D eigenvalue weighted by molar-refractivity contribution is 5.84. The van der Waals surface area contributed by atoms with Crippen molar-refractivity contribution in [2.45, 2.75) is 57.9 Å². The average molecular weight is 423 g/mol. The topological polar surface area (TPSA) is 61.5 Å². The molecule has 0 bridgehead atoms.